The van der Waals surface area contributed by atoms with Gasteiger partial charge in [-0.1, -0.05) is 24.4 Å². The quantitative estimate of drug-likeness (QED) is 0.785. The standard InChI is InChI=1S/C19H25N3O5S/c1-11(2)16-18(28-21-20-16)19(24)22-7-8-27-15(10-23)17(22)12-5-6-13(25-3)14(9-12)26-4/h5-6,9,11,15,17,23H,7-8,10H2,1-4H3/t15-,17-/m1/s1. The molecule has 2 aromatic rings. The van der Waals surface area contributed by atoms with Gasteiger partial charge in [-0.15, -0.1) is 5.10 Å². The molecule has 1 N–H and O–H groups in total. The molecule has 2 atom stereocenters. The zero-order valence-corrected chi connectivity index (χ0v) is 17.2. The summed E-state index contributed by atoms with van der Waals surface area (Å²) >= 11 is 1.10. The smallest absolute Gasteiger partial charge is 0.268 e. The van der Waals surface area contributed by atoms with Crippen molar-refractivity contribution in [2.24, 2.45) is 0 Å². The molecule has 1 aliphatic rings. The highest BCUT2D eigenvalue weighted by Gasteiger charge is 2.38. The Morgan fingerprint density at radius 2 is 2.11 bits per heavy atom. The molecule has 2 heterocycles. The molecular formula is C19H25N3O5S. The van der Waals surface area contributed by atoms with Crippen LogP contribution in [-0.4, -0.2) is 65.6 Å². The third-order valence-corrected chi connectivity index (χ3v) is 5.53. The number of carbonyl (C=O) groups excluding carboxylic acids is 1. The summed E-state index contributed by atoms with van der Waals surface area (Å²) < 4.78 is 20.4. The third-order valence-electron chi connectivity index (χ3n) is 4.80. The van der Waals surface area contributed by atoms with E-state index in [0.717, 1.165) is 17.1 Å². The van der Waals surface area contributed by atoms with Crippen LogP contribution < -0.4 is 9.47 Å². The van der Waals surface area contributed by atoms with Crippen LogP contribution in [0.25, 0.3) is 0 Å². The Hall–Kier alpha value is -2.23. The van der Waals surface area contributed by atoms with Crippen molar-refractivity contribution >= 4 is 17.4 Å². The number of nitrogens with zero attached hydrogens (tertiary/aromatic N) is 3. The minimum absolute atomic E-state index is 0.0897. The second kappa shape index (κ2) is 8.85. The van der Waals surface area contributed by atoms with E-state index in [1.807, 2.05) is 26.0 Å². The number of carbonyl (C=O) groups is 1. The summed E-state index contributed by atoms with van der Waals surface area (Å²) in [7, 11) is 3.13. The van der Waals surface area contributed by atoms with E-state index in [2.05, 4.69) is 9.59 Å². The summed E-state index contributed by atoms with van der Waals surface area (Å²) in [5.41, 5.74) is 1.49. The highest BCUT2D eigenvalue weighted by molar-refractivity contribution is 7.08. The van der Waals surface area contributed by atoms with Gasteiger partial charge in [-0.25, -0.2) is 0 Å². The van der Waals surface area contributed by atoms with E-state index in [4.69, 9.17) is 14.2 Å². The zero-order valence-electron chi connectivity index (χ0n) is 16.4. The lowest BCUT2D eigenvalue weighted by molar-refractivity contribution is -0.0811. The maximum atomic E-state index is 13.4. The second-order valence-corrected chi connectivity index (χ2v) is 7.55. The number of hydrogen-bond acceptors (Lipinski definition) is 8. The van der Waals surface area contributed by atoms with E-state index < -0.39 is 12.1 Å². The van der Waals surface area contributed by atoms with Crippen LogP contribution in [0, 0.1) is 0 Å². The minimum Gasteiger partial charge on any atom is -0.493 e. The van der Waals surface area contributed by atoms with Gasteiger partial charge in [0.1, 0.15) is 11.0 Å². The zero-order chi connectivity index (χ0) is 20.3. The first kappa shape index (κ1) is 20.5. The Morgan fingerprint density at radius 3 is 2.75 bits per heavy atom. The van der Waals surface area contributed by atoms with Crippen LogP contribution in [0.5, 0.6) is 11.5 Å². The van der Waals surface area contributed by atoms with Crippen molar-refractivity contribution in [3.05, 3.63) is 34.3 Å². The Kier molecular flexibility index (Phi) is 6.48. The first-order valence-corrected chi connectivity index (χ1v) is 9.86. The van der Waals surface area contributed by atoms with E-state index in [1.165, 1.54) is 0 Å². The SMILES string of the molecule is COc1ccc([C@@H]2[C@@H](CO)OCCN2C(=O)c2snnc2C(C)C)cc1OC. The number of hydrogen-bond donors (Lipinski definition) is 1. The van der Waals surface area contributed by atoms with Gasteiger partial charge in [-0.2, -0.15) is 0 Å². The lowest BCUT2D eigenvalue weighted by Crippen LogP contribution is -2.49. The molecule has 1 amide bonds. The third kappa shape index (κ3) is 3.82. The highest BCUT2D eigenvalue weighted by atomic mass is 32.1. The maximum absolute atomic E-state index is 13.4. The van der Waals surface area contributed by atoms with Crippen molar-refractivity contribution in [3.63, 3.8) is 0 Å². The van der Waals surface area contributed by atoms with Gasteiger partial charge >= 0.3 is 0 Å². The molecule has 0 bridgehead atoms. The molecule has 0 spiro atoms. The molecule has 0 unspecified atom stereocenters. The number of aliphatic hydroxyl groups is 1. The average Bonchev–Trinajstić information content (AvgIpc) is 3.22. The van der Waals surface area contributed by atoms with Gasteiger partial charge in [-0.3, -0.25) is 4.79 Å². The topological polar surface area (TPSA) is 94.0 Å². The van der Waals surface area contributed by atoms with E-state index in [0.29, 0.717) is 35.2 Å². The number of benzene rings is 1. The summed E-state index contributed by atoms with van der Waals surface area (Å²) in [5, 5.41) is 14.0. The number of amides is 1. The number of methoxy groups -OCH3 is 2. The molecule has 0 saturated carbocycles. The molecule has 1 saturated heterocycles. The Balaban J connectivity index is 2.01. The van der Waals surface area contributed by atoms with Gasteiger partial charge in [0, 0.05) is 6.54 Å². The lowest BCUT2D eigenvalue weighted by Gasteiger charge is -2.40. The monoisotopic (exact) mass is 407 g/mol. The van der Waals surface area contributed by atoms with Gasteiger partial charge in [0.05, 0.1) is 39.2 Å². The summed E-state index contributed by atoms with van der Waals surface area (Å²) in [6.45, 7) is 4.51. The number of aromatic nitrogens is 2. The van der Waals surface area contributed by atoms with Crippen LogP contribution in [0.3, 0.4) is 0 Å². The molecule has 1 fully saturated rings. The van der Waals surface area contributed by atoms with Gasteiger partial charge in [0.25, 0.3) is 5.91 Å². The molecule has 0 aliphatic carbocycles. The molecular weight excluding hydrogens is 382 g/mol. The number of morpholine rings is 1. The first-order valence-electron chi connectivity index (χ1n) is 9.09. The fraction of sp³-hybridized carbons (Fsp3) is 0.526. The first-order chi connectivity index (χ1) is 13.5. The van der Waals surface area contributed by atoms with Crippen molar-refractivity contribution < 1.29 is 24.1 Å². The molecule has 1 aromatic carbocycles. The highest BCUT2D eigenvalue weighted by Crippen LogP contribution is 2.37. The van der Waals surface area contributed by atoms with Gasteiger partial charge in [-0.05, 0) is 35.1 Å². The van der Waals surface area contributed by atoms with E-state index in [-0.39, 0.29) is 18.4 Å². The largest absolute Gasteiger partial charge is 0.493 e. The number of ether oxygens (including phenoxy) is 3. The fourth-order valence-corrected chi connectivity index (χ4v) is 4.18. The number of aliphatic hydroxyl groups excluding tert-OH is 1. The molecule has 8 nitrogen and oxygen atoms in total. The molecule has 0 radical (unpaired) electrons. The minimum atomic E-state index is -0.542. The molecule has 9 heteroatoms. The van der Waals surface area contributed by atoms with Gasteiger partial charge in [0.2, 0.25) is 0 Å². The van der Waals surface area contributed by atoms with Crippen LogP contribution in [0.15, 0.2) is 18.2 Å². The molecule has 1 aromatic heterocycles. The van der Waals surface area contributed by atoms with E-state index in [9.17, 15) is 9.90 Å². The lowest BCUT2D eigenvalue weighted by atomic mass is 9.97. The molecule has 1 aliphatic heterocycles. The molecule has 152 valence electrons. The van der Waals surface area contributed by atoms with E-state index >= 15 is 0 Å². The van der Waals surface area contributed by atoms with Crippen molar-refractivity contribution in [1.29, 1.82) is 0 Å². The van der Waals surface area contributed by atoms with Crippen LogP contribution >= 0.6 is 11.5 Å². The van der Waals surface area contributed by atoms with E-state index in [1.54, 1.807) is 25.2 Å². The summed E-state index contributed by atoms with van der Waals surface area (Å²) in [6, 6.07) is 4.99. The van der Waals surface area contributed by atoms with Crippen LogP contribution in [0.2, 0.25) is 0 Å². The van der Waals surface area contributed by atoms with Crippen LogP contribution in [-0.2, 0) is 4.74 Å². The van der Waals surface area contributed by atoms with Crippen molar-refractivity contribution in [3.8, 4) is 11.5 Å². The van der Waals surface area contributed by atoms with Crippen molar-refractivity contribution in [2.75, 3.05) is 34.0 Å². The van der Waals surface area contributed by atoms with Gasteiger partial charge < -0.3 is 24.2 Å². The Bertz CT molecular complexity index is 826. The van der Waals surface area contributed by atoms with Crippen LogP contribution in [0.4, 0.5) is 0 Å². The fourth-order valence-electron chi connectivity index (χ4n) is 3.40. The summed E-state index contributed by atoms with van der Waals surface area (Å²) in [4.78, 5) is 15.6. The Morgan fingerprint density at radius 1 is 1.36 bits per heavy atom. The second-order valence-electron chi connectivity index (χ2n) is 6.79. The normalized spacial score (nSPS) is 19.7. The van der Waals surface area contributed by atoms with Gasteiger partial charge in [0.15, 0.2) is 11.5 Å². The maximum Gasteiger partial charge on any atom is 0.268 e. The number of rotatable bonds is 6. The Labute approximate surface area is 168 Å². The van der Waals surface area contributed by atoms with Crippen LogP contribution in [0.1, 0.15) is 46.7 Å². The summed E-state index contributed by atoms with van der Waals surface area (Å²) in [6.07, 6.45) is -0.542. The van der Waals surface area contributed by atoms with Crippen molar-refractivity contribution in [1.82, 2.24) is 14.5 Å². The molecule has 28 heavy (non-hydrogen) atoms. The summed E-state index contributed by atoms with van der Waals surface area (Å²) in [5.74, 6) is 1.08. The van der Waals surface area contributed by atoms with Crippen molar-refractivity contribution in [2.45, 2.75) is 31.9 Å². The predicted octanol–water partition coefficient (Wildman–Crippen LogP) is 2.25. The average molecular weight is 407 g/mol. The predicted molar refractivity (Wildman–Crippen MR) is 104 cm³/mol. The molecule has 3 rings (SSSR count).